The average molecular weight is 1270 g/mol. The van der Waals surface area contributed by atoms with Gasteiger partial charge < -0.3 is 57.9 Å². The van der Waals surface area contributed by atoms with Gasteiger partial charge in [0.1, 0.15) is 19.0 Å². The number of nitrogens with zero attached hydrogens (tertiary/aromatic N) is 2. The number of unbranched alkanes of at least 4 members (excludes halogenated alkanes) is 22. The zero-order chi connectivity index (χ0) is 62.0. The number of hydrogen-bond donors (Lipinski definition) is 2. The lowest BCUT2D eigenvalue weighted by Gasteiger charge is -2.15. The number of esters is 4. The number of aromatic carboxylic acids is 1. The summed E-state index contributed by atoms with van der Waals surface area (Å²) in [6, 6.07) is 5.99. The zero-order valence-corrected chi connectivity index (χ0v) is 53.8. The van der Waals surface area contributed by atoms with Crippen molar-refractivity contribution in [2.45, 2.75) is 195 Å². The van der Waals surface area contributed by atoms with Crippen molar-refractivity contribution in [2.75, 3.05) is 85.1 Å². The monoisotopic (exact) mass is 1260 g/mol. The van der Waals surface area contributed by atoms with Crippen LogP contribution in [0.25, 0.3) is 0 Å². The first-order chi connectivity index (χ1) is 39.4. The molecule has 2 rings (SSSR count). The number of carboxylic acids is 1. The van der Waals surface area contributed by atoms with Gasteiger partial charge >= 0.3 is 29.8 Å². The van der Waals surface area contributed by atoms with Gasteiger partial charge in [-0.15, -0.1) is 35.6 Å². The lowest BCUT2D eigenvalue weighted by atomic mass is 10.1. The third-order valence-electron chi connectivity index (χ3n) is 11.5. The Hall–Kier alpha value is -4.76. The highest BCUT2D eigenvalue weighted by atomic mass is 35.5. The van der Waals surface area contributed by atoms with Crippen molar-refractivity contribution in [3.05, 3.63) is 35.8 Å². The number of halogens is 4. The Morgan fingerprint density at radius 2 is 0.831 bits per heavy atom. The predicted molar refractivity (Wildman–Crippen MR) is 326 cm³/mol. The molecule has 0 saturated carbocycles. The molecule has 482 valence electrons. The van der Waals surface area contributed by atoms with Crippen LogP contribution in [0.1, 0.15) is 216 Å². The van der Waals surface area contributed by atoms with E-state index in [1.807, 2.05) is 0 Å². The van der Waals surface area contributed by atoms with Gasteiger partial charge in [-0.25, -0.2) is 9.59 Å². The van der Waals surface area contributed by atoms with Gasteiger partial charge in [0.15, 0.2) is 6.61 Å². The fourth-order valence-electron chi connectivity index (χ4n) is 6.99. The molecule has 3 N–H and O–H groups in total. The van der Waals surface area contributed by atoms with Gasteiger partial charge in [-0.2, -0.15) is 0 Å². The molecular weight excluding hydrogens is 1160 g/mol. The maximum atomic E-state index is 12.1. The molecule has 0 fully saturated rings. The van der Waals surface area contributed by atoms with E-state index in [1.165, 1.54) is 160 Å². The number of carboxylic acid groups (broad SMARTS) is 1. The van der Waals surface area contributed by atoms with Gasteiger partial charge in [-0.3, -0.25) is 28.8 Å². The highest BCUT2D eigenvalue weighted by Crippen LogP contribution is 2.19. The van der Waals surface area contributed by atoms with E-state index in [0.29, 0.717) is 45.3 Å². The van der Waals surface area contributed by atoms with Crippen LogP contribution < -0.4 is 15.2 Å². The number of furan rings is 2. The molecule has 0 unspecified atom stereocenters. The van der Waals surface area contributed by atoms with Gasteiger partial charge in [0, 0.05) is 32.8 Å². The maximum absolute atomic E-state index is 12.1. The summed E-state index contributed by atoms with van der Waals surface area (Å²) in [5.41, 5.74) is 5.06. The van der Waals surface area contributed by atoms with Gasteiger partial charge in [0.05, 0.1) is 45.3 Å². The number of nitrogens with two attached hydrogens (primary N) is 1. The summed E-state index contributed by atoms with van der Waals surface area (Å²) in [7, 11) is 2.93. The molecule has 0 bridgehead atoms. The summed E-state index contributed by atoms with van der Waals surface area (Å²) < 4.78 is 40.3. The lowest BCUT2D eigenvalue weighted by Crippen LogP contribution is -2.36. The summed E-state index contributed by atoms with van der Waals surface area (Å²) in [6.07, 6.45) is 31.3. The summed E-state index contributed by atoms with van der Waals surface area (Å²) in [5, 5.41) is 8.23. The van der Waals surface area contributed by atoms with Crippen LogP contribution in [0, 0.1) is 0 Å². The number of ether oxygens (including phenoxy) is 6. The molecule has 0 radical (unpaired) electrons. The minimum absolute atomic E-state index is 0. The third kappa shape index (κ3) is 56.2. The second kappa shape index (κ2) is 61.8. The number of likely N-dealkylation sites (N-methyl/N-ethyl adjacent to an activating group) is 2. The van der Waals surface area contributed by atoms with Crippen molar-refractivity contribution in [1.82, 2.24) is 9.80 Å². The second-order valence-corrected chi connectivity index (χ2v) is 19.6. The van der Waals surface area contributed by atoms with E-state index in [4.69, 9.17) is 73.4 Å². The number of alkyl halides is 2. The van der Waals surface area contributed by atoms with E-state index < -0.39 is 41.6 Å². The van der Waals surface area contributed by atoms with Gasteiger partial charge in [0.25, 0.3) is 17.8 Å². The van der Waals surface area contributed by atoms with E-state index in [9.17, 15) is 38.4 Å². The predicted octanol–water partition coefficient (Wildman–Crippen LogP) is 13.2. The lowest BCUT2D eigenvalue weighted by molar-refractivity contribution is -0.148. The Labute approximate surface area is 515 Å². The standard InChI is InChI=1S/C26H43NO7.C19H32O4.C7H12ClNO3.C5H11NO2.C2H2Cl2O.ClH/c1-4-6-7-8-9-10-11-12-13-14-15-16-19-32-25-18-17-22(34-25)26(30)33-21-23(28)27(3)20-24(29)31-5-2;1-2-3-4-5-6-7-8-9-10-11-12-13-16-22-18-15-14-17(23-18)19(20)21;1-3-12-7(11)5-9(2)6(10)4-8;1-2-8-5(7)3-4-6;3-1-2(4)5;/h17-18H,4-16,19-21H2,1-3H3;14-15H,2-13,16H2,1H3,(H,20,21);3-5H2,1-2H3;2-4,6H2,1H3;1H2;1H. The number of amides is 2. The smallest absolute Gasteiger partial charge is 0.374 e. The van der Waals surface area contributed by atoms with Crippen LogP contribution in [0.15, 0.2) is 33.1 Å². The van der Waals surface area contributed by atoms with Crippen LogP contribution in [-0.2, 0) is 47.7 Å². The third-order valence-corrected chi connectivity index (χ3v) is 12.2. The molecule has 2 amide bonds. The zero-order valence-electron chi connectivity index (χ0n) is 50.8. The summed E-state index contributed by atoms with van der Waals surface area (Å²) in [6.45, 7) is 11.4. The van der Waals surface area contributed by atoms with Crippen LogP contribution in [0.4, 0.5) is 0 Å². The highest BCUT2D eigenvalue weighted by molar-refractivity contribution is 6.67. The molecule has 2 heterocycles. The molecular formula is C59H101Cl4N3O17. The average Bonchev–Trinajstić information content (AvgIpc) is 4.20. The van der Waals surface area contributed by atoms with Crippen molar-refractivity contribution in [2.24, 2.45) is 5.73 Å². The molecule has 0 aliphatic carbocycles. The summed E-state index contributed by atoms with van der Waals surface area (Å²) >= 11 is 14.8. The molecule has 2 aromatic rings. The molecule has 0 aliphatic heterocycles. The Morgan fingerprint density at radius 1 is 0.494 bits per heavy atom. The molecule has 24 heteroatoms. The number of rotatable bonds is 43. The van der Waals surface area contributed by atoms with E-state index in [1.54, 1.807) is 32.9 Å². The van der Waals surface area contributed by atoms with E-state index in [2.05, 4.69) is 23.3 Å². The van der Waals surface area contributed by atoms with Crippen LogP contribution >= 0.6 is 47.2 Å². The molecule has 0 saturated heterocycles. The van der Waals surface area contributed by atoms with Crippen LogP contribution in [0.3, 0.4) is 0 Å². The van der Waals surface area contributed by atoms with Crippen molar-refractivity contribution in [1.29, 1.82) is 0 Å². The Morgan fingerprint density at radius 3 is 1.16 bits per heavy atom. The first-order valence-corrected chi connectivity index (χ1v) is 30.7. The minimum atomic E-state index is -1.06. The molecule has 0 aliphatic rings. The van der Waals surface area contributed by atoms with Gasteiger partial charge in [-0.1, -0.05) is 155 Å². The van der Waals surface area contributed by atoms with Crippen molar-refractivity contribution in [3.63, 3.8) is 0 Å². The first kappa shape index (κ1) is 84.7. The Kier molecular flexibility index (Phi) is 63.0. The topological polar surface area (TPSA) is 271 Å². The maximum Gasteiger partial charge on any atom is 0.374 e. The van der Waals surface area contributed by atoms with Crippen molar-refractivity contribution >= 4 is 94.1 Å². The van der Waals surface area contributed by atoms with Crippen LogP contribution in [-0.4, -0.2) is 147 Å². The van der Waals surface area contributed by atoms with E-state index >= 15 is 0 Å². The van der Waals surface area contributed by atoms with Crippen LogP contribution in [0.2, 0.25) is 0 Å². The minimum Gasteiger partial charge on any atom is -0.475 e. The molecule has 2 aromatic heterocycles. The summed E-state index contributed by atoms with van der Waals surface area (Å²) in [5.74, 6) is -3.56. The molecule has 83 heavy (non-hydrogen) atoms. The van der Waals surface area contributed by atoms with Gasteiger partial charge in [-0.05, 0) is 57.3 Å². The van der Waals surface area contributed by atoms with E-state index in [0.717, 1.165) is 30.6 Å². The Bertz CT molecular complexity index is 1930. The fraction of sp³-hybridized carbons (Fsp3) is 0.729. The molecule has 0 spiro atoms. The number of hydrogen-bond acceptors (Lipinski definition) is 17. The fourth-order valence-corrected chi connectivity index (χ4v) is 7.19. The second-order valence-electron chi connectivity index (χ2n) is 18.7. The Balaban J connectivity index is -0.000000544. The quantitative estimate of drug-likeness (QED) is 0.0205. The van der Waals surface area contributed by atoms with Crippen LogP contribution in [0.5, 0.6) is 11.9 Å². The molecule has 20 nitrogen and oxygen atoms in total. The van der Waals surface area contributed by atoms with E-state index in [-0.39, 0.29) is 73.2 Å². The van der Waals surface area contributed by atoms with Crippen molar-refractivity contribution in [3.8, 4) is 11.9 Å². The van der Waals surface area contributed by atoms with Crippen molar-refractivity contribution < 1.29 is 80.7 Å². The largest absolute Gasteiger partial charge is 0.475 e. The van der Waals surface area contributed by atoms with Gasteiger partial charge in [0.2, 0.25) is 22.7 Å². The normalized spacial score (nSPS) is 10.0. The number of carbonyl (C=O) groups excluding carboxylic acids is 7. The molecule has 0 aromatic carbocycles. The SMILES string of the molecule is CCCCCCCCCCCCCCOc1ccc(C(=O)O)o1.CCCCCCCCCCCCCCOc1ccc(C(=O)OCC(=O)N(C)CC(=O)OCC)o1.CCOC(=O)CCN.CCOC(=O)CN(C)C(=O)CCl.Cl.O=C(Cl)CCl. The molecule has 0 atom stereocenters. The highest BCUT2D eigenvalue weighted by Gasteiger charge is 2.19. The first-order valence-electron chi connectivity index (χ1n) is 29.2. The summed E-state index contributed by atoms with van der Waals surface area (Å²) in [4.78, 5) is 89.9. The number of carbonyl (C=O) groups is 8.